The second-order valence-corrected chi connectivity index (χ2v) is 8.00. The summed E-state index contributed by atoms with van der Waals surface area (Å²) in [5.74, 6) is -0.409. The first-order chi connectivity index (χ1) is 10.8. The molecule has 1 aromatic heterocycles. The zero-order valence-corrected chi connectivity index (χ0v) is 14.9. The molecule has 0 saturated heterocycles. The predicted octanol–water partition coefficient (Wildman–Crippen LogP) is 0.838. The zero-order chi connectivity index (χ0) is 17.3. The quantitative estimate of drug-likeness (QED) is 0.574. The molecule has 1 aromatic rings. The molecule has 7 nitrogen and oxygen atoms in total. The minimum Gasteiger partial charge on any atom is -0.356 e. The molecule has 3 N–H and O–H groups in total. The van der Waals surface area contributed by atoms with Crippen LogP contribution in [0.3, 0.4) is 0 Å². The number of hydrogen-bond donors (Lipinski definition) is 3. The maximum atomic E-state index is 11.8. The second-order valence-electron chi connectivity index (χ2n) is 5.06. The highest BCUT2D eigenvalue weighted by Gasteiger charge is 2.15. The topological polar surface area (TPSA) is 104 Å². The summed E-state index contributed by atoms with van der Waals surface area (Å²) >= 11 is 1.12. The van der Waals surface area contributed by atoms with Crippen LogP contribution in [0.1, 0.15) is 33.1 Å². The summed E-state index contributed by atoms with van der Waals surface area (Å²) in [6, 6.07) is 3.27. The Labute approximate surface area is 140 Å². The first kappa shape index (κ1) is 19.6. The third-order valence-electron chi connectivity index (χ3n) is 3.10. The van der Waals surface area contributed by atoms with Crippen molar-refractivity contribution in [3.63, 3.8) is 0 Å². The highest BCUT2D eigenvalue weighted by Crippen LogP contribution is 2.14. The number of amides is 2. The standard InChI is InChI=1S/C14H23N3O4S2/c1-3-11(2)17-13(19)6-8-15-12(18)7-9-16-23(20,21)14-5-4-10-22-14/h4-5,10-11,16H,3,6-9H2,1-2H3,(H,15,18)(H,17,19)/t11-/m1/s1. The van der Waals surface area contributed by atoms with E-state index < -0.39 is 10.0 Å². The summed E-state index contributed by atoms with van der Waals surface area (Å²) < 4.78 is 26.2. The van der Waals surface area contributed by atoms with E-state index in [1.54, 1.807) is 11.4 Å². The van der Waals surface area contributed by atoms with Crippen molar-refractivity contribution in [1.29, 1.82) is 0 Å². The smallest absolute Gasteiger partial charge is 0.250 e. The van der Waals surface area contributed by atoms with Gasteiger partial charge in [0.2, 0.25) is 21.8 Å². The molecule has 0 aromatic carbocycles. The van der Waals surface area contributed by atoms with Crippen molar-refractivity contribution in [1.82, 2.24) is 15.4 Å². The maximum absolute atomic E-state index is 11.8. The van der Waals surface area contributed by atoms with Crippen molar-refractivity contribution in [2.24, 2.45) is 0 Å². The van der Waals surface area contributed by atoms with Crippen molar-refractivity contribution in [2.75, 3.05) is 13.1 Å². The predicted molar refractivity (Wildman–Crippen MR) is 89.6 cm³/mol. The fourth-order valence-electron chi connectivity index (χ4n) is 1.64. The van der Waals surface area contributed by atoms with Gasteiger partial charge in [-0.1, -0.05) is 13.0 Å². The Morgan fingerprint density at radius 2 is 1.91 bits per heavy atom. The van der Waals surface area contributed by atoms with Crippen LogP contribution in [-0.4, -0.2) is 39.4 Å². The third kappa shape index (κ3) is 7.58. The van der Waals surface area contributed by atoms with Crippen molar-refractivity contribution in [2.45, 2.75) is 43.4 Å². The molecular weight excluding hydrogens is 338 g/mol. The van der Waals surface area contributed by atoms with Gasteiger partial charge in [0, 0.05) is 32.0 Å². The Kier molecular flexibility index (Phi) is 8.21. The van der Waals surface area contributed by atoms with Gasteiger partial charge >= 0.3 is 0 Å². The molecule has 0 aliphatic heterocycles. The SMILES string of the molecule is CC[C@@H](C)NC(=O)CCNC(=O)CCNS(=O)(=O)c1cccs1. The van der Waals surface area contributed by atoms with Gasteiger partial charge in [-0.2, -0.15) is 0 Å². The van der Waals surface area contributed by atoms with Gasteiger partial charge in [0.1, 0.15) is 4.21 Å². The lowest BCUT2D eigenvalue weighted by Crippen LogP contribution is -2.36. The molecule has 0 aliphatic rings. The van der Waals surface area contributed by atoms with Crippen molar-refractivity contribution in [3.8, 4) is 0 Å². The van der Waals surface area contributed by atoms with Gasteiger partial charge in [0.25, 0.3) is 0 Å². The fraction of sp³-hybridized carbons (Fsp3) is 0.571. The fourth-order valence-corrected chi connectivity index (χ4v) is 3.71. The lowest BCUT2D eigenvalue weighted by Gasteiger charge is -2.11. The Morgan fingerprint density at radius 3 is 2.52 bits per heavy atom. The van der Waals surface area contributed by atoms with E-state index in [0.29, 0.717) is 0 Å². The van der Waals surface area contributed by atoms with Crippen LogP contribution in [0.5, 0.6) is 0 Å². The minimum absolute atomic E-state index is 0.0190. The van der Waals surface area contributed by atoms with Gasteiger partial charge < -0.3 is 10.6 Å². The van der Waals surface area contributed by atoms with Crippen LogP contribution in [0.4, 0.5) is 0 Å². The van der Waals surface area contributed by atoms with Gasteiger partial charge in [-0.25, -0.2) is 13.1 Å². The summed E-state index contributed by atoms with van der Waals surface area (Å²) in [4.78, 5) is 23.1. The molecule has 2 amide bonds. The van der Waals surface area contributed by atoms with Crippen LogP contribution in [0.15, 0.2) is 21.7 Å². The summed E-state index contributed by atoms with van der Waals surface area (Å²) in [5.41, 5.74) is 0. The summed E-state index contributed by atoms with van der Waals surface area (Å²) in [6.07, 6.45) is 1.08. The molecule has 130 valence electrons. The Bertz CT molecular complexity index is 600. The van der Waals surface area contributed by atoms with E-state index in [4.69, 9.17) is 0 Å². The molecule has 0 unspecified atom stereocenters. The number of carbonyl (C=O) groups excluding carboxylic acids is 2. The Morgan fingerprint density at radius 1 is 1.22 bits per heavy atom. The molecule has 0 saturated carbocycles. The highest BCUT2D eigenvalue weighted by atomic mass is 32.2. The average molecular weight is 361 g/mol. The van der Waals surface area contributed by atoms with Crippen molar-refractivity contribution >= 4 is 33.2 Å². The van der Waals surface area contributed by atoms with E-state index >= 15 is 0 Å². The first-order valence-electron chi connectivity index (χ1n) is 7.44. The van der Waals surface area contributed by atoms with Gasteiger partial charge in [-0.15, -0.1) is 11.3 Å². The number of carbonyl (C=O) groups is 2. The number of sulfonamides is 1. The van der Waals surface area contributed by atoms with Crippen LogP contribution in [0.25, 0.3) is 0 Å². The number of nitrogens with one attached hydrogen (secondary N) is 3. The van der Waals surface area contributed by atoms with E-state index in [9.17, 15) is 18.0 Å². The van der Waals surface area contributed by atoms with Crippen molar-refractivity contribution < 1.29 is 18.0 Å². The van der Waals surface area contributed by atoms with Crippen LogP contribution < -0.4 is 15.4 Å². The summed E-state index contributed by atoms with van der Waals surface area (Å²) in [7, 11) is -3.54. The minimum atomic E-state index is -3.54. The molecule has 0 bridgehead atoms. The van der Waals surface area contributed by atoms with E-state index in [2.05, 4.69) is 15.4 Å². The van der Waals surface area contributed by atoms with Crippen LogP contribution in [-0.2, 0) is 19.6 Å². The maximum Gasteiger partial charge on any atom is 0.250 e. The van der Waals surface area contributed by atoms with Gasteiger partial charge in [-0.3, -0.25) is 9.59 Å². The zero-order valence-electron chi connectivity index (χ0n) is 13.3. The Hall–Kier alpha value is -1.45. The molecule has 0 fully saturated rings. The average Bonchev–Trinajstić information content (AvgIpc) is 3.02. The normalized spacial score (nSPS) is 12.6. The summed E-state index contributed by atoms with van der Waals surface area (Å²) in [6.45, 7) is 4.14. The molecular formula is C14H23N3O4S2. The number of hydrogen-bond acceptors (Lipinski definition) is 5. The van der Waals surface area contributed by atoms with E-state index in [-0.39, 0.29) is 48.0 Å². The molecule has 0 radical (unpaired) electrons. The lowest BCUT2D eigenvalue weighted by atomic mass is 10.2. The highest BCUT2D eigenvalue weighted by molar-refractivity contribution is 7.91. The number of rotatable bonds is 10. The monoisotopic (exact) mass is 361 g/mol. The van der Waals surface area contributed by atoms with E-state index in [0.717, 1.165) is 17.8 Å². The number of thiophene rings is 1. The second kappa shape index (κ2) is 9.64. The molecule has 1 heterocycles. The molecule has 23 heavy (non-hydrogen) atoms. The van der Waals surface area contributed by atoms with Gasteiger partial charge in [0.15, 0.2) is 0 Å². The van der Waals surface area contributed by atoms with Crippen LogP contribution >= 0.6 is 11.3 Å². The molecule has 1 rings (SSSR count). The molecule has 0 aliphatic carbocycles. The van der Waals surface area contributed by atoms with Crippen molar-refractivity contribution in [3.05, 3.63) is 17.5 Å². The van der Waals surface area contributed by atoms with E-state index in [1.165, 1.54) is 6.07 Å². The lowest BCUT2D eigenvalue weighted by molar-refractivity contribution is -0.122. The molecule has 0 spiro atoms. The first-order valence-corrected chi connectivity index (χ1v) is 9.80. The van der Waals surface area contributed by atoms with Crippen LogP contribution in [0.2, 0.25) is 0 Å². The summed E-state index contributed by atoms with van der Waals surface area (Å²) in [5, 5.41) is 7.07. The van der Waals surface area contributed by atoms with Crippen LogP contribution in [0, 0.1) is 0 Å². The molecule has 1 atom stereocenters. The Balaban J connectivity index is 2.19. The van der Waals surface area contributed by atoms with Gasteiger partial charge in [-0.05, 0) is 24.8 Å². The third-order valence-corrected chi connectivity index (χ3v) is 5.96. The van der Waals surface area contributed by atoms with E-state index in [1.807, 2.05) is 13.8 Å². The molecule has 9 heteroatoms. The largest absolute Gasteiger partial charge is 0.356 e. The van der Waals surface area contributed by atoms with Gasteiger partial charge in [0.05, 0.1) is 0 Å².